The van der Waals surface area contributed by atoms with Crippen molar-refractivity contribution in [3.05, 3.63) is 81.5 Å². The Morgan fingerprint density at radius 3 is 2.56 bits per heavy atom. The van der Waals surface area contributed by atoms with Gasteiger partial charge in [-0.3, -0.25) is 14.9 Å². The molecule has 1 N–H and O–H groups in total. The molecule has 9 nitrogen and oxygen atoms in total. The Morgan fingerprint density at radius 1 is 1.22 bits per heavy atom. The van der Waals surface area contributed by atoms with Gasteiger partial charge in [-0.15, -0.1) is 0 Å². The van der Waals surface area contributed by atoms with Crippen LogP contribution >= 0.6 is 24.0 Å². The van der Waals surface area contributed by atoms with Gasteiger partial charge in [0.05, 0.1) is 23.0 Å². The molecule has 2 aliphatic heterocycles. The maximum atomic E-state index is 13.6. The van der Waals surface area contributed by atoms with Crippen LogP contribution in [0.4, 0.5) is 11.4 Å². The molecule has 3 aliphatic rings. The molecule has 2 fully saturated rings. The highest BCUT2D eigenvalue weighted by Gasteiger charge is 2.62. The highest BCUT2D eigenvalue weighted by Crippen LogP contribution is 2.54. The highest BCUT2D eigenvalue weighted by atomic mass is 32.2. The normalized spacial score (nSPS) is 23.8. The maximum Gasteiger partial charge on any atom is 0.355 e. The fraction of sp³-hybridized carbons (Fsp3) is 0.433. The van der Waals surface area contributed by atoms with Gasteiger partial charge in [-0.1, -0.05) is 48.6 Å². The Morgan fingerprint density at radius 2 is 1.93 bits per heavy atom. The van der Waals surface area contributed by atoms with Crippen LogP contribution in [-0.2, 0) is 20.9 Å². The number of benzene rings is 2. The number of nitro benzene ring substituents is 1. The molecule has 11 heteroatoms. The summed E-state index contributed by atoms with van der Waals surface area (Å²) in [7, 11) is 0. The van der Waals surface area contributed by atoms with Crippen LogP contribution in [0.25, 0.3) is 0 Å². The van der Waals surface area contributed by atoms with Crippen LogP contribution in [-0.4, -0.2) is 55.6 Å². The van der Waals surface area contributed by atoms with Crippen molar-refractivity contribution >= 4 is 51.6 Å². The summed E-state index contributed by atoms with van der Waals surface area (Å²) < 4.78 is 6.43. The fourth-order valence-electron chi connectivity index (χ4n) is 6.37. The lowest BCUT2D eigenvalue weighted by atomic mass is 9.70. The lowest BCUT2D eigenvalue weighted by Crippen LogP contribution is -2.64. The van der Waals surface area contributed by atoms with Crippen molar-refractivity contribution in [1.29, 1.82) is 0 Å². The quantitative estimate of drug-likeness (QED) is 0.139. The van der Waals surface area contributed by atoms with Crippen molar-refractivity contribution in [3.8, 4) is 0 Å². The van der Waals surface area contributed by atoms with Gasteiger partial charge in [0.2, 0.25) is 5.91 Å². The lowest BCUT2D eigenvalue weighted by Gasteiger charge is -2.47. The average Bonchev–Trinajstić information content (AvgIpc) is 3.26. The van der Waals surface area contributed by atoms with Crippen LogP contribution < -0.4 is 4.90 Å². The number of β-lactam (4-membered cyclic amide) rings is 1. The Labute approximate surface area is 248 Å². The molecule has 216 valence electrons. The van der Waals surface area contributed by atoms with Gasteiger partial charge >= 0.3 is 5.97 Å². The van der Waals surface area contributed by atoms with E-state index in [0.29, 0.717) is 17.0 Å². The van der Waals surface area contributed by atoms with E-state index in [9.17, 15) is 24.8 Å². The summed E-state index contributed by atoms with van der Waals surface area (Å²) in [6.07, 6.45) is 1.85. The van der Waals surface area contributed by atoms with Gasteiger partial charge in [0.1, 0.15) is 16.6 Å². The molecular formula is C30H33N3O6S2. The molecule has 0 aromatic heterocycles. The number of para-hydroxylation sites is 1. The van der Waals surface area contributed by atoms with Gasteiger partial charge < -0.3 is 19.6 Å². The van der Waals surface area contributed by atoms with Crippen molar-refractivity contribution in [2.24, 2.45) is 17.8 Å². The smallest absolute Gasteiger partial charge is 0.355 e. The number of ether oxygens (including phenoxy) is 1. The van der Waals surface area contributed by atoms with E-state index in [1.807, 2.05) is 30.3 Å². The minimum absolute atomic E-state index is 0.0152. The Bertz CT molecular complexity index is 1360. The van der Waals surface area contributed by atoms with Crippen molar-refractivity contribution in [3.63, 3.8) is 0 Å². The maximum absolute atomic E-state index is 13.6. The van der Waals surface area contributed by atoms with Crippen molar-refractivity contribution in [2.75, 3.05) is 17.2 Å². The topological polar surface area (TPSA) is 113 Å². The molecule has 1 saturated heterocycles. The molecule has 0 unspecified atom stereocenters. The number of esters is 1. The van der Waals surface area contributed by atoms with Gasteiger partial charge in [0.25, 0.3) is 5.69 Å². The third kappa shape index (κ3) is 5.62. The zero-order valence-electron chi connectivity index (χ0n) is 23.0. The van der Waals surface area contributed by atoms with Gasteiger partial charge in [-0.25, -0.2) is 4.79 Å². The third-order valence-corrected chi connectivity index (χ3v) is 9.88. The molecule has 0 bridgehead atoms. The molecular weight excluding hydrogens is 562 g/mol. The van der Waals surface area contributed by atoms with Crippen molar-refractivity contribution < 1.29 is 24.4 Å². The summed E-state index contributed by atoms with van der Waals surface area (Å²) in [4.78, 5) is 40.9. The summed E-state index contributed by atoms with van der Waals surface area (Å²) >= 11 is 7.40. The summed E-state index contributed by atoms with van der Waals surface area (Å²) in [6, 6.07) is 15.6. The second-order valence-electron chi connectivity index (χ2n) is 10.7. The number of amides is 1. The molecule has 2 aromatic carbocycles. The van der Waals surface area contributed by atoms with Crippen LogP contribution in [0.2, 0.25) is 0 Å². The fourth-order valence-corrected chi connectivity index (χ4v) is 7.89. The number of rotatable bonds is 9. The van der Waals surface area contributed by atoms with Crippen molar-refractivity contribution in [2.45, 2.75) is 51.9 Å². The first-order valence-electron chi connectivity index (χ1n) is 13.9. The molecule has 0 radical (unpaired) electrons. The number of hydrogen-bond acceptors (Lipinski definition) is 8. The first-order chi connectivity index (χ1) is 19.7. The van der Waals surface area contributed by atoms with E-state index in [4.69, 9.17) is 17.0 Å². The second kappa shape index (κ2) is 12.3. The lowest BCUT2D eigenvalue weighted by molar-refractivity contribution is -0.384. The second-order valence-corrected chi connectivity index (χ2v) is 12.3. The number of carbonyl (C=O) groups is 2. The van der Waals surface area contributed by atoms with E-state index in [2.05, 4.69) is 11.8 Å². The van der Waals surface area contributed by atoms with Crippen LogP contribution in [0.5, 0.6) is 0 Å². The third-order valence-electron chi connectivity index (χ3n) is 8.26. The van der Waals surface area contributed by atoms with Gasteiger partial charge in [-0.05, 0) is 68.0 Å². The summed E-state index contributed by atoms with van der Waals surface area (Å²) in [6.45, 7) is 4.34. The van der Waals surface area contributed by atoms with E-state index < -0.39 is 22.9 Å². The summed E-state index contributed by atoms with van der Waals surface area (Å²) in [5.41, 5.74) is 2.83. The van der Waals surface area contributed by atoms with E-state index in [1.165, 1.54) is 12.1 Å². The summed E-state index contributed by atoms with van der Waals surface area (Å²) in [5, 5.41) is 21.4. The number of thioether (sulfide) groups is 1. The zero-order valence-corrected chi connectivity index (χ0v) is 24.6. The number of fused-ring (bicyclic) bond motifs is 3. The Kier molecular flexibility index (Phi) is 8.77. The molecule has 1 saturated carbocycles. The summed E-state index contributed by atoms with van der Waals surface area (Å²) in [5.74, 6) is -0.698. The van der Waals surface area contributed by atoms with Gasteiger partial charge in [0.15, 0.2) is 0 Å². The highest BCUT2D eigenvalue weighted by molar-refractivity contribution is 8.23. The number of hydrogen-bond donors (Lipinski definition) is 1. The number of aliphatic hydroxyl groups excluding tert-OH is 1. The standard InChI is InChI=1S/C30H33N3O6S2/c1-3-31(21-9-5-4-6-10-21)30(40)41-17-20-8-7-11-23-25(20)27(32-26(23)24(18(2)34)28(32)35)29(36)39-16-19-12-14-22(15-13-19)33(37)38/h4-6,9-10,12-15,18,20,23-24,26,34H,3,7-8,11,16-17H2,1-2H3/t18-,20-,23+,24-,26-/m1/s1. The van der Waals surface area contributed by atoms with Crippen LogP contribution in [0.1, 0.15) is 38.7 Å². The predicted octanol–water partition coefficient (Wildman–Crippen LogP) is 5.07. The first kappa shape index (κ1) is 29.2. The van der Waals surface area contributed by atoms with Crippen LogP contribution in [0, 0.1) is 27.9 Å². The molecule has 41 heavy (non-hydrogen) atoms. The molecule has 5 atom stereocenters. The van der Waals surface area contributed by atoms with Gasteiger partial charge in [-0.2, -0.15) is 0 Å². The number of non-ortho nitro benzene ring substituents is 1. The largest absolute Gasteiger partial charge is 0.456 e. The van der Waals surface area contributed by atoms with Gasteiger partial charge in [0, 0.05) is 36.0 Å². The molecule has 0 spiro atoms. The average molecular weight is 596 g/mol. The number of nitro groups is 1. The Hall–Kier alpha value is -3.28. The first-order valence-corrected chi connectivity index (χ1v) is 15.3. The molecule has 1 aliphatic carbocycles. The minimum atomic E-state index is -0.813. The zero-order chi connectivity index (χ0) is 29.3. The van der Waals surface area contributed by atoms with E-state index >= 15 is 0 Å². The molecule has 1 amide bonds. The Balaban J connectivity index is 1.37. The SMILES string of the molecule is CCN(C(=S)SC[C@H]1CCC[C@H]2C1=C(C(=O)OCc1ccc([N+](=O)[O-])cc1)N1C(=O)[C@H]([C@@H](C)O)[C@@H]21)c1ccccc1. The van der Waals surface area contributed by atoms with E-state index in [1.54, 1.807) is 35.7 Å². The minimum Gasteiger partial charge on any atom is -0.456 e. The monoisotopic (exact) mass is 595 g/mol. The predicted molar refractivity (Wildman–Crippen MR) is 161 cm³/mol. The van der Waals surface area contributed by atoms with Crippen LogP contribution in [0.15, 0.2) is 65.9 Å². The number of thiocarbonyl (C=S) groups is 1. The number of carbonyl (C=O) groups excluding carboxylic acids is 2. The van der Waals surface area contributed by atoms with Crippen LogP contribution in [0.3, 0.4) is 0 Å². The van der Waals surface area contributed by atoms with Crippen molar-refractivity contribution in [1.82, 2.24) is 4.90 Å². The number of aliphatic hydroxyl groups is 1. The van der Waals surface area contributed by atoms with E-state index in [-0.39, 0.29) is 36.1 Å². The van der Waals surface area contributed by atoms with E-state index in [0.717, 1.165) is 41.4 Å². The molecule has 2 aromatic rings. The molecule has 5 rings (SSSR count). The number of anilines is 1. The number of nitrogens with zero attached hydrogens (tertiary/aromatic N) is 3. The molecule has 2 heterocycles.